The van der Waals surface area contributed by atoms with Gasteiger partial charge in [-0.05, 0) is 53.1 Å². The summed E-state index contributed by atoms with van der Waals surface area (Å²) in [6.45, 7) is 3.65. The van der Waals surface area contributed by atoms with Crippen LogP contribution in [0.15, 0.2) is 66.7 Å². The summed E-state index contributed by atoms with van der Waals surface area (Å²) >= 11 is 0. The van der Waals surface area contributed by atoms with E-state index in [1.54, 1.807) is 28.4 Å². The van der Waals surface area contributed by atoms with Gasteiger partial charge in [0.05, 0.1) is 34.6 Å². The van der Waals surface area contributed by atoms with E-state index in [0.29, 0.717) is 0 Å². The number of hydrogen-bond acceptors (Lipinski definition) is 6. The molecule has 0 amide bonds. The van der Waals surface area contributed by atoms with Gasteiger partial charge >= 0.3 is 0 Å². The molecular weight excluding hydrogens is 416 g/mol. The molecule has 6 heteroatoms. The van der Waals surface area contributed by atoms with E-state index < -0.39 is 0 Å². The molecule has 1 aliphatic rings. The molecule has 174 valence electrons. The van der Waals surface area contributed by atoms with Gasteiger partial charge in [-0.3, -0.25) is 9.80 Å². The molecule has 1 aliphatic heterocycles. The Hall–Kier alpha value is -3.22. The quantitative estimate of drug-likeness (QED) is 0.471. The molecule has 0 saturated carbocycles. The number of nitrogens with zero attached hydrogens (tertiary/aromatic N) is 2. The van der Waals surface area contributed by atoms with Gasteiger partial charge in [0.15, 0.2) is 11.5 Å². The van der Waals surface area contributed by atoms with Gasteiger partial charge in [-0.2, -0.15) is 0 Å². The van der Waals surface area contributed by atoms with Crippen molar-refractivity contribution in [1.82, 2.24) is 9.80 Å². The summed E-state index contributed by atoms with van der Waals surface area (Å²) in [4.78, 5) is 5.01. The average Bonchev–Trinajstić information content (AvgIpc) is 3.26. The molecule has 0 atom stereocenters. The summed E-state index contributed by atoms with van der Waals surface area (Å²) in [5, 5.41) is 0. The van der Waals surface area contributed by atoms with Crippen LogP contribution >= 0.6 is 0 Å². The lowest BCUT2D eigenvalue weighted by Crippen LogP contribution is -2.30. The highest BCUT2D eigenvalue weighted by Crippen LogP contribution is 2.37. The van der Waals surface area contributed by atoms with Crippen LogP contribution in [0.25, 0.3) is 0 Å². The SMILES string of the molecule is COc1ccc(CN2CCN(Cc3ccc(OC)cc3)C2c2ccc(OC)c(OC)c2)cc1. The molecule has 0 N–H and O–H groups in total. The molecule has 1 heterocycles. The summed E-state index contributed by atoms with van der Waals surface area (Å²) in [5.74, 6) is 3.23. The second kappa shape index (κ2) is 10.6. The summed E-state index contributed by atoms with van der Waals surface area (Å²) < 4.78 is 21.7. The highest BCUT2D eigenvalue weighted by Gasteiger charge is 2.33. The van der Waals surface area contributed by atoms with Gasteiger partial charge in [0, 0.05) is 26.2 Å². The molecule has 4 rings (SSSR count). The number of methoxy groups -OCH3 is 4. The molecule has 3 aromatic carbocycles. The first-order chi connectivity index (χ1) is 16.1. The third-order valence-electron chi connectivity index (χ3n) is 6.16. The highest BCUT2D eigenvalue weighted by atomic mass is 16.5. The minimum absolute atomic E-state index is 0.119. The van der Waals surface area contributed by atoms with E-state index in [1.807, 2.05) is 30.3 Å². The van der Waals surface area contributed by atoms with Gasteiger partial charge in [-0.1, -0.05) is 30.3 Å². The van der Waals surface area contributed by atoms with Gasteiger partial charge in [0.25, 0.3) is 0 Å². The Morgan fingerprint density at radius 2 is 1.09 bits per heavy atom. The highest BCUT2D eigenvalue weighted by molar-refractivity contribution is 5.44. The zero-order valence-corrected chi connectivity index (χ0v) is 19.8. The molecule has 1 fully saturated rings. The summed E-state index contributed by atoms with van der Waals surface area (Å²) in [7, 11) is 6.73. The molecule has 6 nitrogen and oxygen atoms in total. The van der Waals surface area contributed by atoms with Crippen LogP contribution in [0.2, 0.25) is 0 Å². The molecule has 0 unspecified atom stereocenters. The second-order valence-corrected chi connectivity index (χ2v) is 8.13. The Morgan fingerprint density at radius 1 is 0.606 bits per heavy atom. The van der Waals surface area contributed by atoms with Gasteiger partial charge in [-0.25, -0.2) is 0 Å². The predicted molar refractivity (Wildman–Crippen MR) is 129 cm³/mol. The molecule has 3 aromatic rings. The fraction of sp³-hybridized carbons (Fsp3) is 0.333. The van der Waals surface area contributed by atoms with Crippen molar-refractivity contribution in [2.45, 2.75) is 19.3 Å². The number of ether oxygens (including phenoxy) is 4. The van der Waals surface area contributed by atoms with Crippen molar-refractivity contribution < 1.29 is 18.9 Å². The number of hydrogen-bond donors (Lipinski definition) is 0. The Bertz CT molecular complexity index is 979. The van der Waals surface area contributed by atoms with E-state index in [0.717, 1.165) is 49.2 Å². The van der Waals surface area contributed by atoms with Gasteiger partial charge < -0.3 is 18.9 Å². The van der Waals surface area contributed by atoms with Crippen LogP contribution in [0.5, 0.6) is 23.0 Å². The topological polar surface area (TPSA) is 43.4 Å². The van der Waals surface area contributed by atoms with Crippen molar-refractivity contribution >= 4 is 0 Å². The largest absolute Gasteiger partial charge is 0.497 e. The molecular formula is C27H32N2O4. The Labute approximate surface area is 196 Å². The lowest BCUT2D eigenvalue weighted by molar-refractivity contribution is 0.125. The molecule has 0 radical (unpaired) electrons. The van der Waals surface area contributed by atoms with Gasteiger partial charge in [0.2, 0.25) is 0 Å². The van der Waals surface area contributed by atoms with Crippen molar-refractivity contribution in [3.05, 3.63) is 83.4 Å². The normalized spacial score (nSPS) is 14.9. The second-order valence-electron chi connectivity index (χ2n) is 8.13. The van der Waals surface area contributed by atoms with E-state index in [-0.39, 0.29) is 6.17 Å². The number of rotatable bonds is 9. The summed E-state index contributed by atoms with van der Waals surface area (Å²) in [6, 6.07) is 22.8. The van der Waals surface area contributed by atoms with E-state index >= 15 is 0 Å². The van der Waals surface area contributed by atoms with Crippen molar-refractivity contribution in [2.24, 2.45) is 0 Å². The first kappa shape index (κ1) is 23.0. The maximum absolute atomic E-state index is 5.60. The summed E-state index contributed by atoms with van der Waals surface area (Å²) in [6.07, 6.45) is 0.119. The zero-order valence-electron chi connectivity index (χ0n) is 19.8. The van der Waals surface area contributed by atoms with Crippen LogP contribution in [0, 0.1) is 0 Å². The zero-order chi connectivity index (χ0) is 23.2. The van der Waals surface area contributed by atoms with Crippen LogP contribution in [-0.4, -0.2) is 51.3 Å². The predicted octanol–water partition coefficient (Wildman–Crippen LogP) is 4.74. The van der Waals surface area contributed by atoms with E-state index in [4.69, 9.17) is 18.9 Å². The van der Waals surface area contributed by atoms with Crippen molar-refractivity contribution in [3.63, 3.8) is 0 Å². The lowest BCUT2D eigenvalue weighted by atomic mass is 10.1. The molecule has 1 saturated heterocycles. The average molecular weight is 449 g/mol. The van der Waals surface area contributed by atoms with Crippen molar-refractivity contribution in [2.75, 3.05) is 41.5 Å². The Kier molecular flexibility index (Phi) is 7.37. The van der Waals surface area contributed by atoms with E-state index in [1.165, 1.54) is 16.7 Å². The molecule has 0 aliphatic carbocycles. The van der Waals surface area contributed by atoms with Crippen molar-refractivity contribution in [1.29, 1.82) is 0 Å². The monoisotopic (exact) mass is 448 g/mol. The Balaban J connectivity index is 1.62. The minimum atomic E-state index is 0.119. The first-order valence-electron chi connectivity index (χ1n) is 11.1. The fourth-order valence-electron chi connectivity index (χ4n) is 4.43. The smallest absolute Gasteiger partial charge is 0.161 e. The van der Waals surface area contributed by atoms with Crippen LogP contribution in [0.4, 0.5) is 0 Å². The van der Waals surface area contributed by atoms with Gasteiger partial charge in [-0.15, -0.1) is 0 Å². The van der Waals surface area contributed by atoms with Crippen LogP contribution in [0.3, 0.4) is 0 Å². The molecule has 0 spiro atoms. The van der Waals surface area contributed by atoms with E-state index in [2.05, 4.69) is 46.2 Å². The lowest BCUT2D eigenvalue weighted by Gasteiger charge is -2.31. The van der Waals surface area contributed by atoms with Gasteiger partial charge in [0.1, 0.15) is 11.5 Å². The molecule has 0 aromatic heterocycles. The third kappa shape index (κ3) is 5.24. The van der Waals surface area contributed by atoms with Crippen LogP contribution in [0.1, 0.15) is 22.9 Å². The standard InChI is InChI=1S/C27H32N2O4/c1-30-23-10-5-20(6-11-23)18-28-15-16-29(19-21-7-12-24(31-2)13-8-21)27(28)22-9-14-25(32-3)26(17-22)33-4/h5-14,17,27H,15-16,18-19H2,1-4H3. The van der Waals surface area contributed by atoms with Crippen LogP contribution < -0.4 is 18.9 Å². The summed E-state index contributed by atoms with van der Waals surface area (Å²) in [5.41, 5.74) is 3.70. The maximum Gasteiger partial charge on any atom is 0.161 e. The van der Waals surface area contributed by atoms with E-state index in [9.17, 15) is 0 Å². The fourth-order valence-corrected chi connectivity index (χ4v) is 4.43. The molecule has 33 heavy (non-hydrogen) atoms. The third-order valence-corrected chi connectivity index (χ3v) is 6.16. The number of benzene rings is 3. The minimum Gasteiger partial charge on any atom is -0.497 e. The Morgan fingerprint density at radius 3 is 1.52 bits per heavy atom. The van der Waals surface area contributed by atoms with Crippen LogP contribution in [-0.2, 0) is 13.1 Å². The van der Waals surface area contributed by atoms with Crippen molar-refractivity contribution in [3.8, 4) is 23.0 Å². The molecule has 0 bridgehead atoms. The maximum atomic E-state index is 5.60. The first-order valence-corrected chi connectivity index (χ1v) is 11.1.